The molecule has 0 spiro atoms. The predicted molar refractivity (Wildman–Crippen MR) is 225 cm³/mol. The molecule has 13 nitrogen and oxygen atoms in total. The lowest BCUT2D eigenvalue weighted by Crippen LogP contribution is -2.51. The van der Waals surface area contributed by atoms with Gasteiger partial charge in [-0.05, 0) is 79.4 Å². The smallest absolute Gasteiger partial charge is 0.338 e. The van der Waals surface area contributed by atoms with Crippen molar-refractivity contribution in [3.05, 3.63) is 153 Å². The van der Waals surface area contributed by atoms with E-state index in [-0.39, 0.29) is 30.2 Å². The summed E-state index contributed by atoms with van der Waals surface area (Å²) in [4.78, 5) is 69.3. The molecule has 1 aliphatic rings. The number of esters is 2. The second kappa shape index (κ2) is 20.3. The number of pyridine rings is 1. The molecular formula is C46H44ClN5O8. The predicted octanol–water partition coefficient (Wildman–Crippen LogP) is 6.69. The fraction of sp³-hybridized carbons (Fsp3) is 0.261. The van der Waals surface area contributed by atoms with Gasteiger partial charge in [-0.15, -0.1) is 0 Å². The van der Waals surface area contributed by atoms with E-state index in [4.69, 9.17) is 25.8 Å². The van der Waals surface area contributed by atoms with Gasteiger partial charge in [-0.2, -0.15) is 5.26 Å². The number of carbonyl (C=O) groups is 4. The zero-order valence-electron chi connectivity index (χ0n) is 33.1. The summed E-state index contributed by atoms with van der Waals surface area (Å²) in [5.41, 5.74) is 2.86. The summed E-state index contributed by atoms with van der Waals surface area (Å²) in [6.45, 7) is 2.53. The minimum absolute atomic E-state index is 0.0324. The summed E-state index contributed by atoms with van der Waals surface area (Å²) in [6.07, 6.45) is 3.09. The van der Waals surface area contributed by atoms with Gasteiger partial charge < -0.3 is 24.8 Å². The fourth-order valence-corrected chi connectivity index (χ4v) is 7.22. The van der Waals surface area contributed by atoms with Crippen molar-refractivity contribution in [2.24, 2.45) is 0 Å². The quantitative estimate of drug-likeness (QED) is 0.102. The molecular weight excluding hydrogens is 786 g/mol. The van der Waals surface area contributed by atoms with Gasteiger partial charge in [0.25, 0.3) is 5.56 Å². The van der Waals surface area contributed by atoms with Gasteiger partial charge >= 0.3 is 11.9 Å². The maximum absolute atomic E-state index is 13.6. The molecule has 0 radical (unpaired) electrons. The molecule has 308 valence electrons. The molecule has 0 aliphatic carbocycles. The molecule has 2 N–H and O–H groups in total. The maximum atomic E-state index is 13.6. The van der Waals surface area contributed by atoms with Gasteiger partial charge in [-0.1, -0.05) is 79.2 Å². The van der Waals surface area contributed by atoms with Gasteiger partial charge in [0.05, 0.1) is 36.5 Å². The molecule has 60 heavy (non-hydrogen) atoms. The van der Waals surface area contributed by atoms with Gasteiger partial charge in [0.15, 0.2) is 6.04 Å². The number of nitrogens with zero attached hydrogens (tertiary/aromatic N) is 3. The van der Waals surface area contributed by atoms with Crippen LogP contribution in [0, 0.1) is 11.3 Å². The van der Waals surface area contributed by atoms with E-state index in [0.29, 0.717) is 40.4 Å². The van der Waals surface area contributed by atoms with Crippen molar-refractivity contribution in [2.45, 2.75) is 57.5 Å². The molecule has 6 rings (SSSR count). The zero-order chi connectivity index (χ0) is 42.6. The number of ether oxygens (including phenoxy) is 3. The number of anilines is 1. The van der Waals surface area contributed by atoms with E-state index in [1.807, 2.05) is 48.5 Å². The van der Waals surface area contributed by atoms with E-state index in [1.54, 1.807) is 37.3 Å². The lowest BCUT2D eigenvalue weighted by atomic mass is 10.00. The third-order valence-electron chi connectivity index (χ3n) is 10.2. The fourth-order valence-electron chi connectivity index (χ4n) is 7.04. The van der Waals surface area contributed by atoms with Crippen molar-refractivity contribution >= 4 is 41.0 Å². The van der Waals surface area contributed by atoms with Crippen molar-refractivity contribution in [1.82, 2.24) is 14.8 Å². The normalized spacial score (nSPS) is 14.6. The summed E-state index contributed by atoms with van der Waals surface area (Å²) in [5.74, 6) is -2.12. The summed E-state index contributed by atoms with van der Waals surface area (Å²) >= 11 is 6.19. The molecule has 0 saturated carbocycles. The number of methoxy groups -OCH3 is 1. The van der Waals surface area contributed by atoms with Crippen LogP contribution < -0.4 is 20.9 Å². The molecule has 1 fully saturated rings. The monoisotopic (exact) mass is 829 g/mol. The molecule has 2 heterocycles. The van der Waals surface area contributed by atoms with Gasteiger partial charge in [0, 0.05) is 34.4 Å². The lowest BCUT2D eigenvalue weighted by Gasteiger charge is -2.26. The Bertz CT molecular complexity index is 2420. The molecule has 5 aromatic rings. The van der Waals surface area contributed by atoms with Crippen LogP contribution in [0.4, 0.5) is 5.69 Å². The number of benzene rings is 4. The Balaban J connectivity index is 1.11. The Morgan fingerprint density at radius 2 is 1.60 bits per heavy atom. The van der Waals surface area contributed by atoms with E-state index >= 15 is 0 Å². The van der Waals surface area contributed by atoms with Crippen LogP contribution in [-0.4, -0.2) is 65.6 Å². The first-order valence-corrected chi connectivity index (χ1v) is 19.8. The van der Waals surface area contributed by atoms with Gasteiger partial charge in [-0.3, -0.25) is 23.9 Å². The highest BCUT2D eigenvalue weighted by molar-refractivity contribution is 6.31. The minimum Gasteiger partial charge on any atom is -0.495 e. The molecule has 2 amide bonds. The SMILES string of the molecule is CCC(C(=O)Nc1ccc(C(=O)OC[C@H](NC(=O)[C@@H]2CCCN2Cc2ccccc2)C(=O)OCc2ccccc2)cc1)n1cc(OC)c(-c2cc(Cl)ccc2C#N)cc1=O. The average Bonchev–Trinajstić information content (AvgIpc) is 3.73. The maximum Gasteiger partial charge on any atom is 0.338 e. The number of nitrogens with one attached hydrogen (secondary N) is 2. The van der Waals surface area contributed by atoms with E-state index in [2.05, 4.69) is 21.6 Å². The van der Waals surface area contributed by atoms with Gasteiger partial charge in [0.2, 0.25) is 11.8 Å². The summed E-state index contributed by atoms with van der Waals surface area (Å²) in [5, 5.41) is 15.6. The Morgan fingerprint density at radius 1 is 0.900 bits per heavy atom. The topological polar surface area (TPSA) is 169 Å². The Morgan fingerprint density at radius 3 is 2.27 bits per heavy atom. The number of likely N-dealkylation sites (tertiary alicyclic amines) is 1. The molecule has 1 saturated heterocycles. The third kappa shape index (κ3) is 10.6. The van der Waals surface area contributed by atoms with Crippen LogP contribution in [0.1, 0.15) is 59.3 Å². The molecule has 1 aromatic heterocycles. The largest absolute Gasteiger partial charge is 0.495 e. The number of carbonyl (C=O) groups excluding carboxylic acids is 4. The number of amides is 2. The standard InChI is InChI=1S/C46H44ClN5O8/c1-3-39(52-27-41(58-2)37(24-42(52)53)36-23-34(47)19-16-33(36)25-48)43(54)49-35-20-17-32(18-21-35)45(56)60-29-38(46(57)59-28-31-13-8-5-9-14-31)50-44(55)40-15-10-22-51(40)26-30-11-6-4-7-12-30/h4-9,11-14,16-21,23-24,27,38-40H,3,10,15,22,26,28-29H2,1-2H3,(H,49,54)(H,50,55)/t38-,39?,40-/m0/s1. The molecule has 3 atom stereocenters. The zero-order valence-corrected chi connectivity index (χ0v) is 33.9. The average molecular weight is 830 g/mol. The number of halogens is 1. The van der Waals surface area contributed by atoms with Crippen LogP contribution in [0.2, 0.25) is 5.02 Å². The highest BCUT2D eigenvalue weighted by Crippen LogP contribution is 2.33. The Hall–Kier alpha value is -6.75. The van der Waals surface area contributed by atoms with Gasteiger partial charge in [-0.25, -0.2) is 9.59 Å². The summed E-state index contributed by atoms with van der Waals surface area (Å²) in [7, 11) is 1.42. The number of nitriles is 1. The molecule has 0 bridgehead atoms. The first-order chi connectivity index (χ1) is 29.1. The number of rotatable bonds is 16. The second-order valence-corrected chi connectivity index (χ2v) is 14.6. The highest BCUT2D eigenvalue weighted by Gasteiger charge is 2.34. The number of aromatic nitrogens is 1. The summed E-state index contributed by atoms with van der Waals surface area (Å²) < 4.78 is 17.9. The molecule has 4 aromatic carbocycles. The van der Waals surface area contributed by atoms with E-state index < -0.39 is 48.1 Å². The van der Waals surface area contributed by atoms with E-state index in [1.165, 1.54) is 48.2 Å². The van der Waals surface area contributed by atoms with Crippen LogP contribution in [0.3, 0.4) is 0 Å². The Labute approximate surface area is 352 Å². The van der Waals surface area contributed by atoms with Crippen molar-refractivity contribution in [3.8, 4) is 22.9 Å². The van der Waals surface area contributed by atoms with Crippen LogP contribution in [0.25, 0.3) is 11.1 Å². The summed E-state index contributed by atoms with van der Waals surface area (Å²) in [6, 6.07) is 30.2. The third-order valence-corrected chi connectivity index (χ3v) is 10.4. The first-order valence-electron chi connectivity index (χ1n) is 19.5. The Kier molecular flexibility index (Phi) is 14.5. The van der Waals surface area contributed by atoms with Crippen molar-refractivity contribution in [2.75, 3.05) is 25.6 Å². The van der Waals surface area contributed by atoms with E-state index in [9.17, 15) is 29.2 Å². The first kappa shape index (κ1) is 42.8. The van der Waals surface area contributed by atoms with Crippen molar-refractivity contribution in [3.63, 3.8) is 0 Å². The highest BCUT2D eigenvalue weighted by atomic mass is 35.5. The number of hydrogen-bond donors (Lipinski definition) is 2. The molecule has 1 aliphatic heterocycles. The molecule has 1 unspecified atom stereocenters. The lowest BCUT2D eigenvalue weighted by molar-refractivity contribution is -0.150. The van der Waals surface area contributed by atoms with Crippen molar-refractivity contribution in [1.29, 1.82) is 5.26 Å². The van der Waals surface area contributed by atoms with Crippen molar-refractivity contribution < 1.29 is 33.4 Å². The van der Waals surface area contributed by atoms with Crippen LogP contribution >= 0.6 is 11.6 Å². The van der Waals surface area contributed by atoms with E-state index in [0.717, 1.165) is 24.1 Å². The van der Waals surface area contributed by atoms with Crippen LogP contribution in [0.15, 0.2) is 120 Å². The minimum atomic E-state index is -1.27. The van der Waals surface area contributed by atoms with Crippen LogP contribution in [0.5, 0.6) is 5.75 Å². The second-order valence-electron chi connectivity index (χ2n) is 14.2. The number of hydrogen-bond acceptors (Lipinski definition) is 10. The molecule has 14 heteroatoms. The van der Waals surface area contributed by atoms with Gasteiger partial charge in [0.1, 0.15) is 25.0 Å². The van der Waals surface area contributed by atoms with Crippen LogP contribution in [-0.2, 0) is 37.0 Å².